The topological polar surface area (TPSA) is 41.1 Å². The lowest BCUT2D eigenvalue weighted by Crippen LogP contribution is -2.37. The normalized spacial score (nSPS) is 17.9. The highest BCUT2D eigenvalue weighted by Gasteiger charge is 2.22. The Bertz CT molecular complexity index is 577. The maximum Gasteiger partial charge on any atom is 0.242 e. The molecule has 0 aliphatic carbocycles. The molecule has 2 aromatic carbocycles. The van der Waals surface area contributed by atoms with Gasteiger partial charge < -0.3 is 5.32 Å². The second-order valence-corrected chi connectivity index (χ2v) is 5.73. The Morgan fingerprint density at radius 2 is 1.75 bits per heavy atom. The van der Waals surface area contributed by atoms with Gasteiger partial charge in [0.1, 0.15) is 0 Å². The Balaban J connectivity index is 1.68. The second kappa shape index (κ2) is 6.11. The molecule has 1 atom stereocenters. The van der Waals surface area contributed by atoms with Gasteiger partial charge in [-0.25, -0.2) is 0 Å². The van der Waals surface area contributed by atoms with E-state index in [4.69, 9.17) is 0 Å². The number of hydrogen-bond donors (Lipinski definition) is 2. The first-order valence-electron chi connectivity index (χ1n) is 6.60. The predicted molar refractivity (Wildman–Crippen MR) is 84.8 cm³/mol. The SMILES string of the molecule is O=C(Nc1ccc(-c2ccccc2)cc1)C1CSCN1. The summed E-state index contributed by atoms with van der Waals surface area (Å²) in [6.07, 6.45) is 0. The van der Waals surface area contributed by atoms with Crippen LogP contribution in [0, 0.1) is 0 Å². The summed E-state index contributed by atoms with van der Waals surface area (Å²) < 4.78 is 0. The van der Waals surface area contributed by atoms with E-state index in [0.717, 1.165) is 22.9 Å². The summed E-state index contributed by atoms with van der Waals surface area (Å²) in [6, 6.07) is 18.1. The van der Waals surface area contributed by atoms with E-state index in [-0.39, 0.29) is 11.9 Å². The van der Waals surface area contributed by atoms with Crippen molar-refractivity contribution in [3.8, 4) is 11.1 Å². The number of nitrogens with one attached hydrogen (secondary N) is 2. The fourth-order valence-corrected chi connectivity index (χ4v) is 3.11. The summed E-state index contributed by atoms with van der Waals surface area (Å²) in [4.78, 5) is 12.0. The van der Waals surface area contributed by atoms with Gasteiger partial charge in [0.05, 0.1) is 6.04 Å². The van der Waals surface area contributed by atoms with Crippen molar-refractivity contribution in [2.45, 2.75) is 6.04 Å². The van der Waals surface area contributed by atoms with Crippen LogP contribution in [0.25, 0.3) is 11.1 Å². The van der Waals surface area contributed by atoms with Crippen LogP contribution in [-0.2, 0) is 4.79 Å². The molecule has 3 nitrogen and oxygen atoms in total. The molecule has 102 valence electrons. The summed E-state index contributed by atoms with van der Waals surface area (Å²) in [5.74, 6) is 1.74. The van der Waals surface area contributed by atoms with Crippen molar-refractivity contribution in [2.24, 2.45) is 0 Å². The first-order chi connectivity index (χ1) is 9.83. The molecular weight excluding hydrogens is 268 g/mol. The highest BCUT2D eigenvalue weighted by Crippen LogP contribution is 2.21. The highest BCUT2D eigenvalue weighted by molar-refractivity contribution is 7.99. The van der Waals surface area contributed by atoms with E-state index in [2.05, 4.69) is 22.8 Å². The maximum absolute atomic E-state index is 12.0. The Morgan fingerprint density at radius 1 is 1.05 bits per heavy atom. The molecular formula is C16H16N2OS. The third kappa shape index (κ3) is 3.03. The van der Waals surface area contributed by atoms with Gasteiger partial charge in [0.15, 0.2) is 0 Å². The third-order valence-electron chi connectivity index (χ3n) is 3.29. The summed E-state index contributed by atoms with van der Waals surface area (Å²) in [5.41, 5.74) is 3.17. The molecule has 0 aromatic heterocycles. The van der Waals surface area contributed by atoms with E-state index in [1.807, 2.05) is 42.5 Å². The molecule has 4 heteroatoms. The molecule has 2 N–H and O–H groups in total. The molecule has 1 aliphatic heterocycles. The average molecular weight is 284 g/mol. The second-order valence-electron chi connectivity index (χ2n) is 4.70. The van der Waals surface area contributed by atoms with Crippen LogP contribution >= 0.6 is 11.8 Å². The van der Waals surface area contributed by atoms with E-state index < -0.39 is 0 Å². The smallest absolute Gasteiger partial charge is 0.242 e. The lowest BCUT2D eigenvalue weighted by Gasteiger charge is -2.11. The van der Waals surface area contributed by atoms with Gasteiger partial charge >= 0.3 is 0 Å². The molecule has 1 fully saturated rings. The van der Waals surface area contributed by atoms with Crippen LogP contribution in [0.15, 0.2) is 54.6 Å². The quantitative estimate of drug-likeness (QED) is 0.910. The zero-order valence-electron chi connectivity index (χ0n) is 11.0. The van der Waals surface area contributed by atoms with Crippen molar-refractivity contribution >= 4 is 23.4 Å². The van der Waals surface area contributed by atoms with Gasteiger partial charge in [-0.2, -0.15) is 0 Å². The molecule has 1 heterocycles. The molecule has 1 amide bonds. The largest absolute Gasteiger partial charge is 0.325 e. The van der Waals surface area contributed by atoms with Crippen LogP contribution in [0.1, 0.15) is 0 Å². The van der Waals surface area contributed by atoms with Crippen molar-refractivity contribution in [2.75, 3.05) is 16.9 Å². The van der Waals surface area contributed by atoms with Gasteiger partial charge in [-0.1, -0.05) is 42.5 Å². The van der Waals surface area contributed by atoms with Gasteiger partial charge in [-0.3, -0.25) is 10.1 Å². The van der Waals surface area contributed by atoms with E-state index in [1.165, 1.54) is 5.56 Å². The van der Waals surface area contributed by atoms with E-state index >= 15 is 0 Å². The fourth-order valence-electron chi connectivity index (χ4n) is 2.17. The van der Waals surface area contributed by atoms with Crippen molar-refractivity contribution in [3.05, 3.63) is 54.6 Å². The Kier molecular flexibility index (Phi) is 4.04. The summed E-state index contributed by atoms with van der Waals surface area (Å²) >= 11 is 1.75. The molecule has 0 spiro atoms. The van der Waals surface area contributed by atoms with Crippen LogP contribution < -0.4 is 10.6 Å². The summed E-state index contributed by atoms with van der Waals surface area (Å²) in [7, 11) is 0. The molecule has 20 heavy (non-hydrogen) atoms. The number of anilines is 1. The number of thioether (sulfide) groups is 1. The predicted octanol–water partition coefficient (Wildman–Crippen LogP) is 2.95. The first kappa shape index (κ1) is 13.2. The van der Waals surface area contributed by atoms with Crippen molar-refractivity contribution in [1.29, 1.82) is 0 Å². The average Bonchev–Trinajstić information content (AvgIpc) is 3.03. The minimum absolute atomic E-state index is 0.0439. The van der Waals surface area contributed by atoms with Crippen LogP contribution in [0.5, 0.6) is 0 Å². The van der Waals surface area contributed by atoms with E-state index in [1.54, 1.807) is 11.8 Å². The molecule has 0 bridgehead atoms. The fraction of sp³-hybridized carbons (Fsp3) is 0.188. The van der Waals surface area contributed by atoms with Crippen molar-refractivity contribution in [1.82, 2.24) is 5.32 Å². The first-order valence-corrected chi connectivity index (χ1v) is 7.76. The monoisotopic (exact) mass is 284 g/mol. The molecule has 1 aliphatic rings. The molecule has 0 saturated carbocycles. The molecule has 1 saturated heterocycles. The molecule has 1 unspecified atom stereocenters. The highest BCUT2D eigenvalue weighted by atomic mass is 32.2. The number of amides is 1. The van der Waals surface area contributed by atoms with Gasteiger partial charge in [-0.05, 0) is 23.3 Å². The Hall–Kier alpha value is -1.78. The van der Waals surface area contributed by atoms with Gasteiger partial charge in [0, 0.05) is 17.3 Å². The zero-order valence-corrected chi connectivity index (χ0v) is 11.8. The molecule has 0 radical (unpaired) electrons. The zero-order chi connectivity index (χ0) is 13.8. The van der Waals surface area contributed by atoms with Gasteiger partial charge in [0.2, 0.25) is 5.91 Å². The van der Waals surface area contributed by atoms with Crippen LogP contribution in [0.2, 0.25) is 0 Å². The van der Waals surface area contributed by atoms with Gasteiger partial charge in [0.25, 0.3) is 0 Å². The minimum Gasteiger partial charge on any atom is -0.325 e. The lowest BCUT2D eigenvalue weighted by atomic mass is 10.1. The molecule has 2 aromatic rings. The minimum atomic E-state index is -0.0752. The summed E-state index contributed by atoms with van der Waals surface area (Å²) in [5, 5.41) is 6.11. The number of rotatable bonds is 3. The lowest BCUT2D eigenvalue weighted by molar-refractivity contribution is -0.117. The number of benzene rings is 2. The number of hydrogen-bond acceptors (Lipinski definition) is 3. The van der Waals surface area contributed by atoms with Crippen LogP contribution in [0.3, 0.4) is 0 Å². The van der Waals surface area contributed by atoms with Crippen molar-refractivity contribution in [3.63, 3.8) is 0 Å². The van der Waals surface area contributed by atoms with E-state index in [0.29, 0.717) is 0 Å². The maximum atomic E-state index is 12.0. The van der Waals surface area contributed by atoms with Crippen molar-refractivity contribution < 1.29 is 4.79 Å². The standard InChI is InChI=1S/C16H16N2OS/c19-16(15-10-20-11-17-15)18-14-8-6-13(7-9-14)12-4-2-1-3-5-12/h1-9,15,17H,10-11H2,(H,18,19). The number of carbonyl (C=O) groups excluding carboxylic acids is 1. The molecule has 3 rings (SSSR count). The number of carbonyl (C=O) groups is 1. The van der Waals surface area contributed by atoms with Gasteiger partial charge in [-0.15, -0.1) is 11.8 Å². The Labute approximate surface area is 122 Å². The van der Waals surface area contributed by atoms with Crippen LogP contribution in [0.4, 0.5) is 5.69 Å². The van der Waals surface area contributed by atoms with E-state index in [9.17, 15) is 4.79 Å². The third-order valence-corrected chi connectivity index (χ3v) is 4.23. The summed E-state index contributed by atoms with van der Waals surface area (Å²) in [6.45, 7) is 0. The van der Waals surface area contributed by atoms with Crippen LogP contribution in [-0.4, -0.2) is 23.6 Å². The Morgan fingerprint density at radius 3 is 2.40 bits per heavy atom.